The van der Waals surface area contributed by atoms with Crippen molar-refractivity contribution in [3.63, 3.8) is 0 Å². The van der Waals surface area contributed by atoms with E-state index in [-0.39, 0.29) is 18.9 Å². The summed E-state index contributed by atoms with van der Waals surface area (Å²) < 4.78 is 1.50. The predicted molar refractivity (Wildman–Crippen MR) is 105 cm³/mol. The van der Waals surface area contributed by atoms with Gasteiger partial charge in [-0.05, 0) is 38.5 Å². The molecule has 0 fully saturated rings. The summed E-state index contributed by atoms with van der Waals surface area (Å²) >= 11 is 10.1. The Bertz CT molecular complexity index is 1440. The van der Waals surface area contributed by atoms with Crippen LogP contribution in [0, 0.1) is 3.57 Å². The second-order valence-corrected chi connectivity index (χ2v) is 7.24. The van der Waals surface area contributed by atoms with Crippen molar-refractivity contribution in [1.82, 2.24) is 28.9 Å². The van der Waals surface area contributed by atoms with Crippen LogP contribution in [-0.4, -0.2) is 28.9 Å². The molecule has 0 saturated heterocycles. The first-order chi connectivity index (χ1) is 12.6. The quantitative estimate of drug-likeness (QED) is 0.319. The Hall–Kier alpha value is -2.46. The number of aromatic amines is 3. The summed E-state index contributed by atoms with van der Waals surface area (Å²) in [5.41, 5.74) is -5.63. The van der Waals surface area contributed by atoms with E-state index < -0.39 is 33.7 Å². The topological polar surface area (TPSA) is 165 Å². The van der Waals surface area contributed by atoms with Gasteiger partial charge in [0.2, 0.25) is 0 Å². The number of H-pyrrole nitrogens is 3. The average Bonchev–Trinajstić information content (AvgIpc) is 2.59. The Balaban J connectivity index is 2.39. The van der Waals surface area contributed by atoms with Crippen LogP contribution in [0.25, 0.3) is 5.82 Å². The van der Waals surface area contributed by atoms with Crippen LogP contribution in [0.1, 0.15) is 0 Å². The van der Waals surface area contributed by atoms with Crippen LogP contribution >= 0.6 is 50.1 Å². The van der Waals surface area contributed by atoms with Gasteiger partial charge in [0.05, 0.1) is 6.20 Å². The first kappa shape index (κ1) is 19.3. The molecule has 3 aromatic rings. The Labute approximate surface area is 172 Å². The molecule has 0 aliphatic rings. The summed E-state index contributed by atoms with van der Waals surface area (Å²) in [7, 11) is 0. The van der Waals surface area contributed by atoms with Crippen LogP contribution in [0.15, 0.2) is 45.6 Å². The van der Waals surface area contributed by atoms with Crippen LogP contribution in [-0.2, 0) is 0 Å². The van der Waals surface area contributed by atoms with Crippen molar-refractivity contribution in [2.75, 3.05) is 0 Å². The zero-order valence-corrected chi connectivity index (χ0v) is 17.1. The van der Waals surface area contributed by atoms with Gasteiger partial charge < -0.3 is 0 Å². The maximum atomic E-state index is 12.6. The monoisotopic (exact) mass is 570 g/mol. The van der Waals surface area contributed by atoms with Crippen molar-refractivity contribution in [1.29, 1.82) is 0 Å². The molecule has 0 unspecified atom stereocenters. The lowest BCUT2D eigenvalue weighted by atomic mass is 10.5. The van der Waals surface area contributed by atoms with Crippen LogP contribution < -0.4 is 33.7 Å². The first-order valence-electron chi connectivity index (χ1n) is 6.70. The van der Waals surface area contributed by atoms with Crippen LogP contribution in [0.2, 0.25) is 5.02 Å². The molecule has 0 radical (unpaired) electrons. The number of nitrogens with one attached hydrogen (secondary N) is 3. The van der Waals surface area contributed by atoms with E-state index in [2.05, 4.69) is 20.9 Å². The normalized spacial score (nSPS) is 10.9. The Morgan fingerprint density at radius 2 is 1.52 bits per heavy atom. The van der Waals surface area contributed by atoms with Crippen molar-refractivity contribution >= 4 is 50.1 Å². The van der Waals surface area contributed by atoms with Crippen molar-refractivity contribution in [3.05, 3.63) is 88.0 Å². The van der Waals surface area contributed by atoms with Crippen molar-refractivity contribution in [3.8, 4) is 5.82 Å². The first-order valence-corrected chi connectivity index (χ1v) is 8.95. The Morgan fingerprint density at radius 3 is 2.19 bits per heavy atom. The van der Waals surface area contributed by atoms with E-state index in [1.807, 2.05) is 9.97 Å². The SMILES string of the molecule is O=c1[nH]c(=O)n(-c2[nH]c(=O)n(-n3cc(Br)c(=O)[nH]c3=O)c(=O)c2I)cc1Cl. The highest BCUT2D eigenvalue weighted by Gasteiger charge is 2.18. The molecule has 0 aromatic carbocycles. The second kappa shape index (κ2) is 6.93. The third-order valence-corrected chi connectivity index (χ3v) is 5.05. The summed E-state index contributed by atoms with van der Waals surface area (Å²) in [6, 6.07) is 0. The number of hydrogen-bond acceptors (Lipinski definition) is 6. The third-order valence-electron chi connectivity index (χ3n) is 3.24. The van der Waals surface area contributed by atoms with Crippen LogP contribution in [0.4, 0.5) is 0 Å². The van der Waals surface area contributed by atoms with Crippen molar-refractivity contribution in [2.24, 2.45) is 0 Å². The van der Waals surface area contributed by atoms with Crippen LogP contribution in [0.5, 0.6) is 0 Å². The van der Waals surface area contributed by atoms with E-state index in [4.69, 9.17) is 11.6 Å². The van der Waals surface area contributed by atoms with Gasteiger partial charge in [-0.1, -0.05) is 11.6 Å². The van der Waals surface area contributed by atoms with Gasteiger partial charge in [-0.15, -0.1) is 0 Å². The van der Waals surface area contributed by atoms with Crippen molar-refractivity contribution in [2.45, 2.75) is 0 Å². The minimum absolute atomic E-state index is 0.101. The minimum atomic E-state index is -1.09. The van der Waals surface area contributed by atoms with Gasteiger partial charge in [-0.3, -0.25) is 33.9 Å². The average molecular weight is 571 g/mol. The minimum Gasteiger partial charge on any atom is -0.290 e. The van der Waals surface area contributed by atoms with Gasteiger partial charge in [0, 0.05) is 6.20 Å². The lowest BCUT2D eigenvalue weighted by molar-refractivity contribution is 0.542. The van der Waals surface area contributed by atoms with Crippen molar-refractivity contribution < 1.29 is 0 Å². The van der Waals surface area contributed by atoms with E-state index >= 15 is 0 Å². The number of halogens is 3. The molecular weight excluding hydrogens is 566 g/mol. The molecule has 0 atom stereocenters. The van der Waals surface area contributed by atoms with E-state index in [0.29, 0.717) is 9.35 Å². The van der Waals surface area contributed by atoms with Crippen LogP contribution in [0.3, 0.4) is 0 Å². The maximum Gasteiger partial charge on any atom is 0.349 e. The second-order valence-electron chi connectivity index (χ2n) is 4.90. The zero-order chi connectivity index (χ0) is 20.0. The molecule has 0 saturated carbocycles. The fraction of sp³-hybridized carbons (Fsp3) is 0. The number of rotatable bonds is 2. The lowest BCUT2D eigenvalue weighted by Crippen LogP contribution is -2.48. The highest BCUT2D eigenvalue weighted by Crippen LogP contribution is 2.08. The molecule has 12 nitrogen and oxygen atoms in total. The highest BCUT2D eigenvalue weighted by atomic mass is 127. The largest absolute Gasteiger partial charge is 0.349 e. The summed E-state index contributed by atoms with van der Waals surface area (Å²) in [6.45, 7) is 0. The molecule has 0 aliphatic carbocycles. The zero-order valence-electron chi connectivity index (χ0n) is 12.6. The van der Waals surface area contributed by atoms with E-state index in [1.54, 1.807) is 22.6 Å². The molecule has 140 valence electrons. The predicted octanol–water partition coefficient (Wildman–Crippen LogP) is -1.44. The van der Waals surface area contributed by atoms with Gasteiger partial charge in [0.15, 0.2) is 0 Å². The summed E-state index contributed by atoms with van der Waals surface area (Å²) in [5.74, 6) is -0.262. The standard InChI is InChI=1S/C12H5BrClIN6O6/c13-3-1-20(11(26)17-7(3)22)21-9(24)5(15)6(16-12(21)27)19-2-4(14)8(23)18-10(19)25/h1-2H,(H,16,27)(H,17,22,26)(H,18,23,25). The summed E-state index contributed by atoms with van der Waals surface area (Å²) in [4.78, 5) is 77.9. The number of hydrogen-bond donors (Lipinski definition) is 3. The third kappa shape index (κ3) is 3.30. The summed E-state index contributed by atoms with van der Waals surface area (Å²) in [5, 5.41) is -0.351. The molecule has 0 spiro atoms. The van der Waals surface area contributed by atoms with Gasteiger partial charge in [0.25, 0.3) is 16.7 Å². The molecule has 15 heteroatoms. The molecule has 0 amide bonds. The summed E-state index contributed by atoms with van der Waals surface area (Å²) in [6.07, 6.45) is 1.87. The molecule has 3 rings (SSSR count). The maximum absolute atomic E-state index is 12.6. The van der Waals surface area contributed by atoms with Gasteiger partial charge in [-0.2, -0.15) is 9.35 Å². The van der Waals surface area contributed by atoms with Gasteiger partial charge in [-0.25, -0.2) is 14.4 Å². The molecule has 0 aliphatic heterocycles. The van der Waals surface area contributed by atoms with E-state index in [1.165, 1.54) is 0 Å². The van der Waals surface area contributed by atoms with Gasteiger partial charge >= 0.3 is 17.1 Å². The molecule has 3 N–H and O–H groups in total. The highest BCUT2D eigenvalue weighted by molar-refractivity contribution is 14.1. The number of nitrogens with zero attached hydrogens (tertiary/aromatic N) is 3. The number of aromatic nitrogens is 6. The van der Waals surface area contributed by atoms with Gasteiger partial charge in [0.1, 0.15) is 18.9 Å². The smallest absolute Gasteiger partial charge is 0.290 e. The molecule has 3 aromatic heterocycles. The van der Waals surface area contributed by atoms with E-state index in [9.17, 15) is 28.8 Å². The Kier molecular flexibility index (Phi) is 4.96. The van der Waals surface area contributed by atoms with E-state index in [0.717, 1.165) is 17.0 Å². The lowest BCUT2D eigenvalue weighted by Gasteiger charge is -2.11. The Morgan fingerprint density at radius 1 is 0.889 bits per heavy atom. The fourth-order valence-corrected chi connectivity index (χ4v) is 3.12. The fourth-order valence-electron chi connectivity index (χ4n) is 2.06. The molecule has 0 bridgehead atoms. The molecular formula is C12H5BrClIN6O6. The molecule has 3 heterocycles. The molecule has 27 heavy (non-hydrogen) atoms.